The Kier molecular flexibility index (Phi) is 8.09. The Balaban J connectivity index is 1.70. The number of benzene rings is 2. The summed E-state index contributed by atoms with van der Waals surface area (Å²) in [5.41, 5.74) is 4.58. The van der Waals surface area contributed by atoms with Crippen molar-refractivity contribution in [2.24, 2.45) is 5.92 Å². The molecule has 0 spiro atoms. The van der Waals surface area contributed by atoms with Crippen molar-refractivity contribution in [1.82, 2.24) is 0 Å². The molecule has 0 amide bonds. The third kappa shape index (κ3) is 5.96. The van der Waals surface area contributed by atoms with Gasteiger partial charge in [-0.05, 0) is 59.4 Å². The molecule has 2 aromatic carbocycles. The second-order valence-corrected chi connectivity index (χ2v) is 8.09. The molecule has 0 radical (unpaired) electrons. The lowest BCUT2D eigenvalue weighted by molar-refractivity contribution is -0.138. The lowest BCUT2D eigenvalue weighted by Crippen LogP contribution is -2.11. The minimum absolute atomic E-state index is 0.0514. The summed E-state index contributed by atoms with van der Waals surface area (Å²) >= 11 is 0. The van der Waals surface area contributed by atoms with E-state index in [1.54, 1.807) is 0 Å². The molecule has 0 heterocycles. The van der Waals surface area contributed by atoms with Crippen molar-refractivity contribution in [3.8, 4) is 16.9 Å². The SMILES string of the molecule is C=CC(=O)OCCOc1cc(-c2ccc(C3CCC(C)CC3)cc2)ccc1CCO. The smallest absolute Gasteiger partial charge is 0.330 e. The van der Waals surface area contributed by atoms with Gasteiger partial charge in [-0.1, -0.05) is 62.7 Å². The van der Waals surface area contributed by atoms with Crippen LogP contribution >= 0.6 is 0 Å². The molecule has 0 saturated heterocycles. The second-order valence-electron chi connectivity index (χ2n) is 8.09. The van der Waals surface area contributed by atoms with E-state index in [-0.39, 0.29) is 19.8 Å². The molecule has 0 bridgehead atoms. The average Bonchev–Trinajstić information content (AvgIpc) is 2.78. The topological polar surface area (TPSA) is 55.8 Å². The molecule has 0 aliphatic heterocycles. The van der Waals surface area contributed by atoms with Gasteiger partial charge in [-0.2, -0.15) is 0 Å². The lowest BCUT2D eigenvalue weighted by atomic mass is 9.79. The first-order chi connectivity index (χ1) is 14.6. The van der Waals surface area contributed by atoms with Crippen LogP contribution in [0.3, 0.4) is 0 Å². The molecular formula is C26H32O4. The third-order valence-electron chi connectivity index (χ3n) is 5.93. The molecular weight excluding hydrogens is 376 g/mol. The van der Waals surface area contributed by atoms with Crippen LogP contribution in [-0.2, 0) is 16.0 Å². The molecule has 4 heteroatoms. The molecule has 1 aliphatic rings. The van der Waals surface area contributed by atoms with Crippen molar-refractivity contribution in [3.05, 3.63) is 66.2 Å². The fraction of sp³-hybridized carbons (Fsp3) is 0.423. The third-order valence-corrected chi connectivity index (χ3v) is 5.93. The number of carbonyl (C=O) groups is 1. The highest BCUT2D eigenvalue weighted by atomic mass is 16.6. The van der Waals surface area contributed by atoms with Gasteiger partial charge < -0.3 is 14.6 Å². The predicted octanol–water partition coefficient (Wildman–Crippen LogP) is 5.29. The molecule has 2 aromatic rings. The Labute approximate surface area is 179 Å². The van der Waals surface area contributed by atoms with Crippen LogP contribution in [-0.4, -0.2) is 30.9 Å². The maximum Gasteiger partial charge on any atom is 0.330 e. The molecule has 3 rings (SSSR count). The van der Waals surface area contributed by atoms with E-state index in [4.69, 9.17) is 9.47 Å². The van der Waals surface area contributed by atoms with Gasteiger partial charge in [-0.15, -0.1) is 0 Å². The molecule has 1 saturated carbocycles. The van der Waals surface area contributed by atoms with Crippen LogP contribution in [0, 0.1) is 5.92 Å². The molecule has 1 aliphatic carbocycles. The van der Waals surface area contributed by atoms with Gasteiger partial charge in [-0.25, -0.2) is 4.79 Å². The van der Waals surface area contributed by atoms with Crippen molar-refractivity contribution in [3.63, 3.8) is 0 Å². The first-order valence-corrected chi connectivity index (χ1v) is 10.9. The summed E-state index contributed by atoms with van der Waals surface area (Å²) in [4.78, 5) is 11.2. The van der Waals surface area contributed by atoms with Gasteiger partial charge >= 0.3 is 5.97 Å². The van der Waals surface area contributed by atoms with Gasteiger partial charge in [0, 0.05) is 12.7 Å². The minimum Gasteiger partial charge on any atom is -0.490 e. The maximum atomic E-state index is 11.2. The number of aliphatic hydroxyl groups is 1. The summed E-state index contributed by atoms with van der Waals surface area (Å²) in [5.74, 6) is 1.79. The first kappa shape index (κ1) is 22.1. The van der Waals surface area contributed by atoms with Crippen LogP contribution in [0.5, 0.6) is 5.75 Å². The predicted molar refractivity (Wildman–Crippen MR) is 120 cm³/mol. The lowest BCUT2D eigenvalue weighted by Gasteiger charge is -2.26. The van der Waals surface area contributed by atoms with Crippen LogP contribution in [0.15, 0.2) is 55.1 Å². The molecule has 160 valence electrons. The first-order valence-electron chi connectivity index (χ1n) is 10.9. The summed E-state index contributed by atoms with van der Waals surface area (Å²) in [5, 5.41) is 9.34. The average molecular weight is 409 g/mol. The van der Waals surface area contributed by atoms with Gasteiger partial charge in [-0.3, -0.25) is 0 Å². The van der Waals surface area contributed by atoms with Crippen molar-refractivity contribution in [2.75, 3.05) is 19.8 Å². The summed E-state index contributed by atoms with van der Waals surface area (Å²) in [6, 6.07) is 14.9. The van der Waals surface area contributed by atoms with E-state index >= 15 is 0 Å². The van der Waals surface area contributed by atoms with E-state index in [0.717, 1.165) is 28.7 Å². The molecule has 1 N–H and O–H groups in total. The molecule has 0 atom stereocenters. The van der Waals surface area contributed by atoms with Crippen LogP contribution in [0.25, 0.3) is 11.1 Å². The number of esters is 1. The number of rotatable bonds is 9. The van der Waals surface area contributed by atoms with Crippen LogP contribution in [0.1, 0.15) is 49.7 Å². The van der Waals surface area contributed by atoms with Crippen LogP contribution < -0.4 is 4.74 Å². The normalized spacial score (nSPS) is 18.6. The molecule has 4 nitrogen and oxygen atoms in total. The van der Waals surface area contributed by atoms with E-state index in [2.05, 4.69) is 43.8 Å². The van der Waals surface area contributed by atoms with Crippen LogP contribution in [0.4, 0.5) is 0 Å². The van der Waals surface area contributed by atoms with Gasteiger partial charge in [0.15, 0.2) is 0 Å². The van der Waals surface area contributed by atoms with Gasteiger partial charge in [0.05, 0.1) is 0 Å². The number of aliphatic hydroxyl groups excluding tert-OH is 1. The highest BCUT2D eigenvalue weighted by Crippen LogP contribution is 2.36. The molecule has 0 unspecified atom stereocenters. The zero-order chi connectivity index (χ0) is 21.3. The minimum atomic E-state index is -0.463. The van der Waals surface area contributed by atoms with E-state index in [1.165, 1.54) is 31.2 Å². The Morgan fingerprint density at radius 1 is 1.07 bits per heavy atom. The summed E-state index contributed by atoms with van der Waals surface area (Å²) in [6.07, 6.45) is 6.86. The maximum absolute atomic E-state index is 11.2. The van der Waals surface area contributed by atoms with Gasteiger partial charge in [0.2, 0.25) is 0 Å². The fourth-order valence-corrected chi connectivity index (χ4v) is 4.09. The number of hydrogen-bond acceptors (Lipinski definition) is 4. The standard InChI is InChI=1S/C26H32O4/c1-3-26(28)30-17-16-29-25-18-24(13-12-23(25)14-15-27)22-10-8-21(9-11-22)20-6-4-19(2)5-7-20/h3,8-13,18-20,27H,1,4-7,14-17H2,2H3. The van der Waals surface area contributed by atoms with Crippen molar-refractivity contribution in [2.45, 2.75) is 44.9 Å². The fourth-order valence-electron chi connectivity index (χ4n) is 4.09. The zero-order valence-corrected chi connectivity index (χ0v) is 17.8. The van der Waals surface area contributed by atoms with E-state index in [1.807, 2.05) is 12.1 Å². The Morgan fingerprint density at radius 2 is 1.77 bits per heavy atom. The molecule has 1 fully saturated rings. The van der Waals surface area contributed by atoms with Crippen LogP contribution in [0.2, 0.25) is 0 Å². The zero-order valence-electron chi connectivity index (χ0n) is 17.8. The van der Waals surface area contributed by atoms with Gasteiger partial charge in [0.25, 0.3) is 0 Å². The quantitative estimate of drug-likeness (QED) is 0.348. The Hall–Kier alpha value is -2.59. The molecule has 30 heavy (non-hydrogen) atoms. The molecule has 0 aromatic heterocycles. The van der Waals surface area contributed by atoms with Crippen molar-refractivity contribution in [1.29, 1.82) is 0 Å². The Bertz CT molecular complexity index is 833. The van der Waals surface area contributed by atoms with Gasteiger partial charge in [0.1, 0.15) is 19.0 Å². The number of ether oxygens (including phenoxy) is 2. The largest absolute Gasteiger partial charge is 0.490 e. The number of carbonyl (C=O) groups excluding carboxylic acids is 1. The van der Waals surface area contributed by atoms with E-state index < -0.39 is 5.97 Å². The second kappa shape index (κ2) is 11.0. The van der Waals surface area contributed by atoms with E-state index in [9.17, 15) is 9.90 Å². The summed E-state index contributed by atoms with van der Waals surface area (Å²) < 4.78 is 10.8. The highest BCUT2D eigenvalue weighted by molar-refractivity contribution is 5.81. The van der Waals surface area contributed by atoms with Crippen molar-refractivity contribution < 1.29 is 19.4 Å². The summed E-state index contributed by atoms with van der Waals surface area (Å²) in [6.45, 7) is 6.18. The number of hydrogen-bond donors (Lipinski definition) is 1. The Morgan fingerprint density at radius 3 is 2.43 bits per heavy atom. The monoisotopic (exact) mass is 408 g/mol. The highest BCUT2D eigenvalue weighted by Gasteiger charge is 2.19. The van der Waals surface area contributed by atoms with E-state index in [0.29, 0.717) is 18.1 Å². The summed E-state index contributed by atoms with van der Waals surface area (Å²) in [7, 11) is 0. The van der Waals surface area contributed by atoms with Crippen molar-refractivity contribution >= 4 is 5.97 Å².